The van der Waals surface area contributed by atoms with Gasteiger partial charge in [0.25, 0.3) is 0 Å². The summed E-state index contributed by atoms with van der Waals surface area (Å²) in [4.78, 5) is 16.2. The van der Waals surface area contributed by atoms with Crippen LogP contribution in [0.15, 0.2) is 53.0 Å². The smallest absolute Gasteiger partial charge is 0.308 e. The van der Waals surface area contributed by atoms with E-state index in [2.05, 4.69) is 26.2 Å². The lowest BCUT2D eigenvalue weighted by Crippen LogP contribution is -2.10. The van der Waals surface area contributed by atoms with E-state index in [1.807, 2.05) is 55.5 Å². The molecule has 0 atom stereocenters. The minimum atomic E-state index is -0.349. The molecule has 0 fully saturated rings. The van der Waals surface area contributed by atoms with Gasteiger partial charge in [0.05, 0.1) is 16.9 Å². The van der Waals surface area contributed by atoms with Crippen molar-refractivity contribution in [1.29, 1.82) is 0 Å². The van der Waals surface area contributed by atoms with Crippen molar-refractivity contribution in [3.05, 3.63) is 64.3 Å². The molecule has 0 saturated heterocycles. The molecule has 0 unspecified atom stereocenters. The van der Waals surface area contributed by atoms with Gasteiger partial charge in [-0.25, -0.2) is 4.98 Å². The molecular formula is C20H19BrN2O2. The Balaban J connectivity index is 2.05. The Hall–Kier alpha value is -2.40. The van der Waals surface area contributed by atoms with Gasteiger partial charge in [-0.2, -0.15) is 0 Å². The number of rotatable bonds is 5. The summed E-state index contributed by atoms with van der Waals surface area (Å²) in [6.07, 6.45) is 0.681. The van der Waals surface area contributed by atoms with Gasteiger partial charge in [-0.05, 0) is 30.2 Å². The molecule has 1 heterocycles. The molecule has 25 heavy (non-hydrogen) atoms. The Morgan fingerprint density at radius 3 is 2.56 bits per heavy atom. The third-order valence-electron chi connectivity index (χ3n) is 3.88. The number of nitrogens with zero attached hydrogens (tertiary/aromatic N) is 1. The average Bonchev–Trinajstić information content (AvgIpc) is 2.61. The van der Waals surface area contributed by atoms with Crippen molar-refractivity contribution in [3.63, 3.8) is 0 Å². The maximum absolute atomic E-state index is 11.6. The highest BCUT2D eigenvalue weighted by Gasteiger charge is 2.17. The molecule has 2 aromatic carbocycles. The van der Waals surface area contributed by atoms with Crippen LogP contribution in [0.5, 0.6) is 5.75 Å². The molecule has 3 aromatic rings. The number of aromatic nitrogens is 1. The first kappa shape index (κ1) is 17.4. The molecule has 1 aromatic heterocycles. The quantitative estimate of drug-likeness (QED) is 0.607. The number of pyridine rings is 1. The van der Waals surface area contributed by atoms with E-state index in [0.29, 0.717) is 18.7 Å². The van der Waals surface area contributed by atoms with E-state index in [0.717, 1.165) is 32.3 Å². The molecule has 0 aliphatic heterocycles. The van der Waals surface area contributed by atoms with E-state index in [1.54, 1.807) is 0 Å². The summed E-state index contributed by atoms with van der Waals surface area (Å²) >= 11 is 3.45. The number of para-hydroxylation sites is 1. The Labute approximate surface area is 155 Å². The van der Waals surface area contributed by atoms with Gasteiger partial charge < -0.3 is 10.1 Å². The molecule has 1 N–H and O–H groups in total. The number of ether oxygens (including phenoxy) is 1. The highest BCUT2D eigenvalue weighted by atomic mass is 79.9. The average molecular weight is 399 g/mol. The number of hydrogen-bond acceptors (Lipinski definition) is 4. The highest BCUT2D eigenvalue weighted by molar-refractivity contribution is 9.10. The molecule has 5 heteroatoms. The Morgan fingerprint density at radius 2 is 1.88 bits per heavy atom. The van der Waals surface area contributed by atoms with Crippen LogP contribution in [0.1, 0.15) is 25.1 Å². The third-order valence-corrected chi connectivity index (χ3v) is 4.41. The second-order valence-electron chi connectivity index (χ2n) is 5.71. The molecule has 3 rings (SSSR count). The lowest BCUT2D eigenvalue weighted by molar-refractivity contribution is -0.131. The molecule has 0 radical (unpaired) electrons. The number of hydrogen-bond donors (Lipinski definition) is 1. The van der Waals surface area contributed by atoms with Crippen LogP contribution in [-0.2, 0) is 17.8 Å². The SMILES string of the molecule is CCc1nc2ccccc2c(NCc2ccc(Br)cc2)c1OC(C)=O. The van der Waals surface area contributed by atoms with Crippen LogP contribution in [0, 0.1) is 0 Å². The molecule has 0 amide bonds. The molecule has 128 valence electrons. The van der Waals surface area contributed by atoms with Crippen molar-refractivity contribution in [2.45, 2.75) is 26.8 Å². The first-order valence-corrected chi connectivity index (χ1v) is 8.96. The Kier molecular flexibility index (Phi) is 5.34. The van der Waals surface area contributed by atoms with Gasteiger partial charge >= 0.3 is 5.97 Å². The summed E-state index contributed by atoms with van der Waals surface area (Å²) < 4.78 is 6.55. The summed E-state index contributed by atoms with van der Waals surface area (Å²) in [5, 5.41) is 4.38. The van der Waals surface area contributed by atoms with E-state index in [1.165, 1.54) is 6.92 Å². The maximum Gasteiger partial charge on any atom is 0.308 e. The second-order valence-corrected chi connectivity index (χ2v) is 6.62. The first-order chi connectivity index (χ1) is 12.1. The van der Waals surface area contributed by atoms with Gasteiger partial charge in [0.15, 0.2) is 5.75 Å². The molecular weight excluding hydrogens is 380 g/mol. The van der Waals surface area contributed by atoms with Crippen LogP contribution in [0.3, 0.4) is 0 Å². The molecule has 0 spiro atoms. The second kappa shape index (κ2) is 7.66. The van der Waals surface area contributed by atoms with Crippen LogP contribution < -0.4 is 10.1 Å². The van der Waals surface area contributed by atoms with Crippen LogP contribution >= 0.6 is 15.9 Å². The number of carbonyl (C=O) groups is 1. The van der Waals surface area contributed by atoms with Crippen LogP contribution in [0.25, 0.3) is 10.9 Å². The van der Waals surface area contributed by atoms with Gasteiger partial charge in [0.2, 0.25) is 0 Å². The van der Waals surface area contributed by atoms with Crippen molar-refractivity contribution in [2.75, 3.05) is 5.32 Å². The predicted octanol–water partition coefficient (Wildman–Crippen LogP) is 5.10. The Morgan fingerprint density at radius 1 is 1.16 bits per heavy atom. The fraction of sp³-hybridized carbons (Fsp3) is 0.200. The van der Waals surface area contributed by atoms with Gasteiger partial charge in [0, 0.05) is 23.3 Å². The number of aryl methyl sites for hydroxylation is 1. The fourth-order valence-corrected chi connectivity index (χ4v) is 2.97. The first-order valence-electron chi connectivity index (χ1n) is 8.17. The lowest BCUT2D eigenvalue weighted by Gasteiger charge is -2.17. The molecule has 0 saturated carbocycles. The number of anilines is 1. The zero-order valence-electron chi connectivity index (χ0n) is 14.2. The van der Waals surface area contributed by atoms with Crippen LogP contribution in [0.2, 0.25) is 0 Å². The summed E-state index contributed by atoms with van der Waals surface area (Å²) in [6, 6.07) is 16.0. The topological polar surface area (TPSA) is 51.2 Å². The van der Waals surface area contributed by atoms with E-state index in [9.17, 15) is 4.79 Å². The van der Waals surface area contributed by atoms with Crippen molar-refractivity contribution in [1.82, 2.24) is 4.98 Å². The van der Waals surface area contributed by atoms with Gasteiger partial charge in [-0.3, -0.25) is 4.79 Å². The van der Waals surface area contributed by atoms with Crippen molar-refractivity contribution >= 4 is 38.5 Å². The number of nitrogens with one attached hydrogen (secondary N) is 1. The minimum Gasteiger partial charge on any atom is -0.423 e. The summed E-state index contributed by atoms with van der Waals surface area (Å²) in [5.74, 6) is 0.171. The van der Waals surface area contributed by atoms with E-state index in [4.69, 9.17) is 4.74 Å². The maximum atomic E-state index is 11.6. The predicted molar refractivity (Wildman–Crippen MR) is 104 cm³/mol. The summed E-state index contributed by atoms with van der Waals surface area (Å²) in [6.45, 7) is 4.04. The number of benzene rings is 2. The number of esters is 1. The molecule has 0 bridgehead atoms. The standard InChI is InChI=1S/C20H19BrN2O2/c1-3-17-20(25-13(2)24)19(16-6-4-5-7-18(16)23-17)22-12-14-8-10-15(21)11-9-14/h4-11H,3,12H2,1-2H3,(H,22,23). The summed E-state index contributed by atoms with van der Waals surface area (Å²) in [7, 11) is 0. The van der Waals surface area contributed by atoms with Crippen LogP contribution in [-0.4, -0.2) is 11.0 Å². The fourth-order valence-electron chi connectivity index (χ4n) is 2.71. The van der Waals surface area contributed by atoms with Crippen LogP contribution in [0.4, 0.5) is 5.69 Å². The highest BCUT2D eigenvalue weighted by Crippen LogP contribution is 2.36. The number of halogens is 1. The zero-order chi connectivity index (χ0) is 17.8. The zero-order valence-corrected chi connectivity index (χ0v) is 15.8. The van der Waals surface area contributed by atoms with Gasteiger partial charge in [-0.1, -0.05) is 53.2 Å². The molecule has 4 nitrogen and oxygen atoms in total. The van der Waals surface area contributed by atoms with Gasteiger partial charge in [0.1, 0.15) is 0 Å². The number of carbonyl (C=O) groups excluding carboxylic acids is 1. The summed E-state index contributed by atoms with van der Waals surface area (Å²) in [5.41, 5.74) is 3.59. The monoisotopic (exact) mass is 398 g/mol. The lowest BCUT2D eigenvalue weighted by atomic mass is 10.1. The normalized spacial score (nSPS) is 10.7. The largest absolute Gasteiger partial charge is 0.423 e. The van der Waals surface area contributed by atoms with E-state index >= 15 is 0 Å². The minimum absolute atomic E-state index is 0.349. The van der Waals surface area contributed by atoms with Crippen molar-refractivity contribution in [3.8, 4) is 5.75 Å². The third kappa shape index (κ3) is 3.99. The van der Waals surface area contributed by atoms with E-state index in [-0.39, 0.29) is 5.97 Å². The van der Waals surface area contributed by atoms with Crippen molar-refractivity contribution < 1.29 is 9.53 Å². The van der Waals surface area contributed by atoms with Gasteiger partial charge in [-0.15, -0.1) is 0 Å². The number of fused-ring (bicyclic) bond motifs is 1. The van der Waals surface area contributed by atoms with Crippen molar-refractivity contribution in [2.24, 2.45) is 0 Å². The Bertz CT molecular complexity index is 907. The van der Waals surface area contributed by atoms with E-state index < -0.39 is 0 Å². The molecule has 0 aliphatic rings. The molecule has 0 aliphatic carbocycles.